The molecule has 0 aliphatic carbocycles. The van der Waals surface area contributed by atoms with E-state index in [2.05, 4.69) is 65.9 Å². The lowest BCUT2D eigenvalue weighted by Gasteiger charge is -2.26. The number of hydrogen-bond acceptors (Lipinski definition) is 2. The molecule has 0 fully saturated rings. The summed E-state index contributed by atoms with van der Waals surface area (Å²) in [4.78, 5) is 29.8. The van der Waals surface area contributed by atoms with Gasteiger partial charge in [-0.3, -0.25) is 9.59 Å². The minimum Gasteiger partial charge on any atom is -0.361 e. The molecule has 1 aliphatic heterocycles. The Hall–Kier alpha value is -3.34. The number of H-pyrrole nitrogens is 1. The number of aromatic nitrogens is 1. The summed E-state index contributed by atoms with van der Waals surface area (Å²) in [5.74, 6) is -0.0181. The van der Waals surface area contributed by atoms with Crippen LogP contribution >= 0.6 is 0 Å². The predicted molar refractivity (Wildman–Crippen MR) is 125 cm³/mol. The second-order valence-corrected chi connectivity index (χ2v) is 8.15. The van der Waals surface area contributed by atoms with Gasteiger partial charge >= 0.3 is 0 Å². The topological polar surface area (TPSA) is 65.2 Å². The molecule has 1 aliphatic rings. The van der Waals surface area contributed by atoms with E-state index in [-0.39, 0.29) is 24.7 Å². The highest BCUT2D eigenvalue weighted by Crippen LogP contribution is 2.29. The zero-order valence-corrected chi connectivity index (χ0v) is 18.0. The van der Waals surface area contributed by atoms with Crippen LogP contribution in [0, 0.1) is 6.92 Å². The third kappa shape index (κ3) is 5.23. The molecule has 0 radical (unpaired) electrons. The van der Waals surface area contributed by atoms with Gasteiger partial charge < -0.3 is 15.2 Å². The molecule has 4 rings (SSSR count). The lowest BCUT2D eigenvalue weighted by atomic mass is 9.98. The Morgan fingerprint density at radius 3 is 2.65 bits per heavy atom. The summed E-state index contributed by atoms with van der Waals surface area (Å²) in [7, 11) is 0. The molecule has 0 unspecified atom stereocenters. The summed E-state index contributed by atoms with van der Waals surface area (Å²) in [6.45, 7) is 3.95. The molecule has 31 heavy (non-hydrogen) atoms. The first kappa shape index (κ1) is 20.9. The van der Waals surface area contributed by atoms with Crippen molar-refractivity contribution in [3.05, 3.63) is 77.5 Å². The van der Waals surface area contributed by atoms with Crippen LogP contribution in [0.4, 0.5) is 0 Å². The lowest BCUT2D eigenvalue weighted by Crippen LogP contribution is -2.35. The van der Waals surface area contributed by atoms with Gasteiger partial charge in [0.15, 0.2) is 0 Å². The summed E-state index contributed by atoms with van der Waals surface area (Å²) in [6.07, 6.45) is 6.31. The van der Waals surface area contributed by atoms with Crippen molar-refractivity contribution >= 4 is 28.3 Å². The fourth-order valence-corrected chi connectivity index (χ4v) is 4.05. The standard InChI is InChI=1S/C26H29N3O2/c1-19-6-8-20(9-7-19)12-15-27-25(30)10-11-26(31)29-16-13-21(14-17-29)23-18-28-24-5-3-2-4-22(23)24/h2-9,13,18,28H,10-12,14-17H2,1H3,(H,27,30). The maximum atomic E-state index is 12.5. The molecule has 0 saturated carbocycles. The van der Waals surface area contributed by atoms with E-state index in [9.17, 15) is 9.59 Å². The van der Waals surface area contributed by atoms with Crippen molar-refractivity contribution in [2.75, 3.05) is 19.6 Å². The Labute approximate surface area is 183 Å². The number of benzene rings is 2. The molecule has 2 N–H and O–H groups in total. The Kier molecular flexibility index (Phi) is 6.51. The monoisotopic (exact) mass is 415 g/mol. The van der Waals surface area contributed by atoms with E-state index in [0.29, 0.717) is 19.6 Å². The highest BCUT2D eigenvalue weighted by atomic mass is 16.2. The average molecular weight is 416 g/mol. The van der Waals surface area contributed by atoms with Crippen molar-refractivity contribution in [3.8, 4) is 0 Å². The van der Waals surface area contributed by atoms with Crippen LogP contribution in [-0.4, -0.2) is 41.3 Å². The molecule has 5 nitrogen and oxygen atoms in total. The third-order valence-corrected chi connectivity index (χ3v) is 5.92. The van der Waals surface area contributed by atoms with E-state index in [0.717, 1.165) is 18.4 Å². The van der Waals surface area contributed by atoms with E-state index < -0.39 is 0 Å². The summed E-state index contributed by atoms with van der Waals surface area (Å²) in [6, 6.07) is 16.6. The second-order valence-electron chi connectivity index (χ2n) is 8.15. The lowest BCUT2D eigenvalue weighted by molar-refractivity contribution is -0.133. The molecule has 2 heterocycles. The van der Waals surface area contributed by atoms with E-state index >= 15 is 0 Å². The number of nitrogens with zero attached hydrogens (tertiary/aromatic N) is 1. The van der Waals surface area contributed by atoms with Crippen molar-refractivity contribution < 1.29 is 9.59 Å². The number of para-hydroxylation sites is 1. The number of aromatic amines is 1. The van der Waals surface area contributed by atoms with Gasteiger partial charge in [0, 0.05) is 55.1 Å². The van der Waals surface area contributed by atoms with Crippen molar-refractivity contribution in [2.45, 2.75) is 32.6 Å². The molecule has 3 aromatic rings. The maximum absolute atomic E-state index is 12.5. The molecule has 1 aromatic heterocycles. The first-order valence-electron chi connectivity index (χ1n) is 11.0. The van der Waals surface area contributed by atoms with Gasteiger partial charge in [-0.2, -0.15) is 0 Å². The molecule has 0 spiro atoms. The van der Waals surface area contributed by atoms with Crippen LogP contribution in [0.2, 0.25) is 0 Å². The van der Waals surface area contributed by atoms with Gasteiger partial charge in [0.1, 0.15) is 0 Å². The minimum atomic E-state index is -0.0625. The van der Waals surface area contributed by atoms with Crippen LogP contribution in [0.1, 0.15) is 36.0 Å². The Balaban J connectivity index is 1.21. The van der Waals surface area contributed by atoms with Crippen LogP contribution in [0.3, 0.4) is 0 Å². The quantitative estimate of drug-likeness (QED) is 0.606. The maximum Gasteiger partial charge on any atom is 0.223 e. The highest BCUT2D eigenvalue weighted by Gasteiger charge is 2.19. The van der Waals surface area contributed by atoms with Gasteiger partial charge in [0.25, 0.3) is 0 Å². The second kappa shape index (κ2) is 9.65. The highest BCUT2D eigenvalue weighted by molar-refractivity contribution is 5.93. The normalized spacial score (nSPS) is 13.8. The Morgan fingerprint density at radius 1 is 1.06 bits per heavy atom. The molecule has 2 amide bonds. The Bertz CT molecular complexity index is 1100. The molecule has 5 heteroatoms. The minimum absolute atomic E-state index is 0.0444. The number of hydrogen-bond donors (Lipinski definition) is 2. The van der Waals surface area contributed by atoms with Crippen molar-refractivity contribution in [2.24, 2.45) is 0 Å². The van der Waals surface area contributed by atoms with Crippen LogP contribution in [0.25, 0.3) is 16.5 Å². The number of fused-ring (bicyclic) bond motifs is 1. The molecule has 0 saturated heterocycles. The number of aryl methyl sites for hydroxylation is 1. The van der Waals surface area contributed by atoms with Gasteiger partial charge in [-0.1, -0.05) is 54.1 Å². The molecular weight excluding hydrogens is 386 g/mol. The van der Waals surface area contributed by atoms with E-state index in [4.69, 9.17) is 0 Å². The zero-order valence-electron chi connectivity index (χ0n) is 18.0. The average Bonchev–Trinajstić information content (AvgIpc) is 3.23. The van der Waals surface area contributed by atoms with E-state index in [1.54, 1.807) is 0 Å². The molecule has 2 aromatic carbocycles. The van der Waals surface area contributed by atoms with Crippen LogP contribution in [-0.2, 0) is 16.0 Å². The van der Waals surface area contributed by atoms with Crippen molar-refractivity contribution in [1.82, 2.24) is 15.2 Å². The smallest absolute Gasteiger partial charge is 0.223 e. The molecule has 0 bridgehead atoms. The van der Waals surface area contributed by atoms with E-state index in [1.807, 2.05) is 17.0 Å². The van der Waals surface area contributed by atoms with Crippen molar-refractivity contribution in [3.63, 3.8) is 0 Å². The first-order chi connectivity index (χ1) is 15.1. The summed E-state index contributed by atoms with van der Waals surface area (Å²) in [5.41, 5.74) is 6.05. The number of nitrogens with one attached hydrogen (secondary N) is 2. The largest absolute Gasteiger partial charge is 0.361 e. The zero-order chi connectivity index (χ0) is 21.6. The van der Waals surface area contributed by atoms with Gasteiger partial charge in [-0.15, -0.1) is 0 Å². The summed E-state index contributed by atoms with van der Waals surface area (Å²) >= 11 is 0. The van der Waals surface area contributed by atoms with Gasteiger partial charge in [-0.25, -0.2) is 0 Å². The summed E-state index contributed by atoms with van der Waals surface area (Å²) < 4.78 is 0. The van der Waals surface area contributed by atoms with Crippen molar-refractivity contribution in [1.29, 1.82) is 0 Å². The molecule has 160 valence electrons. The fourth-order valence-electron chi connectivity index (χ4n) is 4.05. The number of carbonyl (C=O) groups is 2. The van der Waals surface area contributed by atoms with E-state index in [1.165, 1.54) is 27.6 Å². The number of rotatable bonds is 7. The fraction of sp³-hybridized carbons (Fsp3) is 0.308. The van der Waals surface area contributed by atoms with Crippen LogP contribution < -0.4 is 5.32 Å². The van der Waals surface area contributed by atoms with Gasteiger partial charge in [-0.05, 0) is 37.0 Å². The number of amides is 2. The van der Waals surface area contributed by atoms with Gasteiger partial charge in [0.05, 0.1) is 0 Å². The third-order valence-electron chi connectivity index (χ3n) is 5.92. The van der Waals surface area contributed by atoms with Crippen LogP contribution in [0.15, 0.2) is 60.8 Å². The number of carbonyl (C=O) groups excluding carboxylic acids is 2. The predicted octanol–water partition coefficient (Wildman–Crippen LogP) is 4.23. The summed E-state index contributed by atoms with van der Waals surface area (Å²) in [5, 5.41) is 4.14. The SMILES string of the molecule is Cc1ccc(CCNC(=O)CCC(=O)N2CC=C(c3c[nH]c4ccccc34)CC2)cc1. The molecule has 0 atom stereocenters. The van der Waals surface area contributed by atoms with Crippen LogP contribution in [0.5, 0.6) is 0 Å². The first-order valence-corrected chi connectivity index (χ1v) is 11.0. The Morgan fingerprint density at radius 2 is 1.87 bits per heavy atom. The van der Waals surface area contributed by atoms with Gasteiger partial charge in [0.2, 0.25) is 11.8 Å². The molecular formula is C26H29N3O2.